The van der Waals surface area contributed by atoms with Crippen molar-refractivity contribution in [2.45, 2.75) is 26.3 Å². The quantitative estimate of drug-likeness (QED) is 0.667. The molecule has 1 atom stereocenters. The molecule has 0 aromatic carbocycles. The molecule has 0 spiro atoms. The normalized spacial score (nSPS) is 19.6. The minimum absolute atomic E-state index is 0.195. The minimum atomic E-state index is -0.811. The summed E-state index contributed by atoms with van der Waals surface area (Å²) in [4.78, 5) is 38.3. The summed E-state index contributed by atoms with van der Waals surface area (Å²) in [5.41, 5.74) is 0.626. The van der Waals surface area contributed by atoms with Gasteiger partial charge in [0, 0.05) is 46.3 Å². The Labute approximate surface area is 174 Å². The van der Waals surface area contributed by atoms with Gasteiger partial charge in [0.05, 0.1) is 12.5 Å². The third-order valence-corrected chi connectivity index (χ3v) is 5.81. The summed E-state index contributed by atoms with van der Waals surface area (Å²) in [5, 5.41) is 12.7. The molecule has 0 unspecified atom stereocenters. The molecule has 0 radical (unpaired) electrons. The minimum Gasteiger partial charge on any atom is -0.481 e. The van der Waals surface area contributed by atoms with Crippen LogP contribution in [0.25, 0.3) is 11.2 Å². The summed E-state index contributed by atoms with van der Waals surface area (Å²) < 4.78 is 3.36. The number of nitrogens with one attached hydrogen (secondary N) is 1. The number of hydrogen-bond donors (Lipinski definition) is 2. The van der Waals surface area contributed by atoms with Crippen LogP contribution in [0.15, 0.2) is 4.79 Å². The first-order valence-electron chi connectivity index (χ1n) is 10.3. The number of piperidine rings is 1. The standard InChI is InChI=1S/C20H27N7O3/c1-3-4-10-27-15-16(23-20(27)25-11-7-21-8-12-25)22-19(24(2)17(15)28)26-9-5-6-14(13-26)18(29)30/h14,21H,5-13H2,1-2H3,(H,29,30)/t14-/m1/s1. The molecule has 2 aromatic heterocycles. The van der Waals surface area contributed by atoms with E-state index in [-0.39, 0.29) is 5.56 Å². The van der Waals surface area contributed by atoms with Crippen LogP contribution in [-0.4, -0.2) is 69.4 Å². The Bertz CT molecular complexity index is 1070. The van der Waals surface area contributed by atoms with E-state index < -0.39 is 11.9 Å². The Morgan fingerprint density at radius 2 is 1.93 bits per heavy atom. The van der Waals surface area contributed by atoms with Gasteiger partial charge in [-0.1, -0.05) is 5.92 Å². The maximum atomic E-state index is 13.3. The Balaban J connectivity index is 1.81. The molecule has 2 fully saturated rings. The largest absolute Gasteiger partial charge is 0.481 e. The molecule has 2 aliphatic rings. The van der Waals surface area contributed by atoms with Crippen molar-refractivity contribution in [1.29, 1.82) is 0 Å². The number of aromatic nitrogens is 4. The summed E-state index contributed by atoms with van der Waals surface area (Å²) in [7, 11) is 1.68. The van der Waals surface area contributed by atoms with Crippen LogP contribution in [0, 0.1) is 17.8 Å². The molecular weight excluding hydrogens is 386 g/mol. The van der Waals surface area contributed by atoms with Gasteiger partial charge in [-0.15, -0.1) is 5.92 Å². The van der Waals surface area contributed by atoms with Gasteiger partial charge >= 0.3 is 5.97 Å². The summed E-state index contributed by atoms with van der Waals surface area (Å²) in [6, 6.07) is 0. The highest BCUT2D eigenvalue weighted by molar-refractivity contribution is 5.76. The van der Waals surface area contributed by atoms with Crippen LogP contribution in [0.5, 0.6) is 0 Å². The van der Waals surface area contributed by atoms with Gasteiger partial charge in [0.25, 0.3) is 5.56 Å². The van der Waals surface area contributed by atoms with Crippen LogP contribution in [0.3, 0.4) is 0 Å². The molecule has 10 nitrogen and oxygen atoms in total. The smallest absolute Gasteiger partial charge is 0.308 e. The first-order chi connectivity index (χ1) is 14.5. The lowest BCUT2D eigenvalue weighted by molar-refractivity contribution is -0.141. The first kappa shape index (κ1) is 20.2. The van der Waals surface area contributed by atoms with Gasteiger partial charge in [-0.05, 0) is 19.8 Å². The van der Waals surface area contributed by atoms with E-state index >= 15 is 0 Å². The number of imidazole rings is 1. The lowest BCUT2D eigenvalue weighted by atomic mass is 9.99. The van der Waals surface area contributed by atoms with Crippen LogP contribution >= 0.6 is 0 Å². The molecule has 2 aliphatic heterocycles. The van der Waals surface area contributed by atoms with Crippen LogP contribution in [0.2, 0.25) is 0 Å². The zero-order valence-corrected chi connectivity index (χ0v) is 17.4. The number of carbonyl (C=O) groups is 1. The number of anilines is 2. The number of nitrogens with zero attached hydrogens (tertiary/aromatic N) is 6. The van der Waals surface area contributed by atoms with Crippen molar-refractivity contribution in [3.63, 3.8) is 0 Å². The predicted octanol–water partition coefficient (Wildman–Crippen LogP) is -0.136. The lowest BCUT2D eigenvalue weighted by Gasteiger charge is -2.32. The molecule has 0 aliphatic carbocycles. The van der Waals surface area contributed by atoms with Gasteiger partial charge in [-0.3, -0.25) is 18.7 Å². The number of piperazine rings is 1. The Kier molecular flexibility index (Phi) is 5.63. The molecule has 0 amide bonds. The van der Waals surface area contributed by atoms with E-state index in [1.807, 2.05) is 9.47 Å². The SMILES string of the molecule is CC#CCn1c(N2CCNCC2)nc2nc(N3CCC[C@@H](C(=O)O)C3)n(C)c(=O)c21. The lowest BCUT2D eigenvalue weighted by Crippen LogP contribution is -2.44. The van der Waals surface area contributed by atoms with E-state index in [4.69, 9.17) is 9.97 Å². The molecule has 2 aromatic rings. The van der Waals surface area contributed by atoms with Gasteiger partial charge in [-0.2, -0.15) is 9.97 Å². The Morgan fingerprint density at radius 3 is 2.63 bits per heavy atom. The van der Waals surface area contributed by atoms with Gasteiger partial charge in [0.2, 0.25) is 11.9 Å². The molecule has 160 valence electrons. The third-order valence-electron chi connectivity index (χ3n) is 5.81. The monoisotopic (exact) mass is 413 g/mol. The van der Waals surface area contributed by atoms with Crippen molar-refractivity contribution in [2.24, 2.45) is 13.0 Å². The van der Waals surface area contributed by atoms with E-state index in [1.165, 1.54) is 4.57 Å². The Morgan fingerprint density at radius 1 is 1.20 bits per heavy atom. The van der Waals surface area contributed by atoms with Gasteiger partial charge < -0.3 is 20.2 Å². The average molecular weight is 413 g/mol. The van der Waals surface area contributed by atoms with Crippen LogP contribution < -0.4 is 20.7 Å². The fraction of sp³-hybridized carbons (Fsp3) is 0.600. The summed E-state index contributed by atoms with van der Waals surface area (Å²) in [6.07, 6.45) is 1.39. The summed E-state index contributed by atoms with van der Waals surface area (Å²) in [5.74, 6) is 5.84. The number of carboxylic acid groups (broad SMARTS) is 1. The molecule has 0 bridgehead atoms. The van der Waals surface area contributed by atoms with Crippen LogP contribution in [0.4, 0.5) is 11.9 Å². The fourth-order valence-corrected chi connectivity index (χ4v) is 4.19. The molecule has 4 rings (SSSR count). The number of fused-ring (bicyclic) bond motifs is 1. The molecule has 2 saturated heterocycles. The first-order valence-corrected chi connectivity index (χ1v) is 10.3. The van der Waals surface area contributed by atoms with Crippen molar-refractivity contribution in [1.82, 2.24) is 24.4 Å². The van der Waals surface area contributed by atoms with E-state index in [0.29, 0.717) is 49.1 Å². The summed E-state index contributed by atoms with van der Waals surface area (Å²) in [6.45, 7) is 6.44. The zero-order chi connectivity index (χ0) is 21.3. The number of rotatable bonds is 4. The molecule has 0 saturated carbocycles. The highest BCUT2D eigenvalue weighted by Gasteiger charge is 2.29. The van der Waals surface area contributed by atoms with Crippen molar-refractivity contribution in [3.8, 4) is 11.8 Å². The van der Waals surface area contributed by atoms with Gasteiger partial charge in [-0.25, -0.2) is 0 Å². The second-order valence-corrected chi connectivity index (χ2v) is 7.73. The van der Waals surface area contributed by atoms with E-state index in [0.717, 1.165) is 32.6 Å². The maximum absolute atomic E-state index is 13.3. The van der Waals surface area contributed by atoms with E-state index in [2.05, 4.69) is 22.1 Å². The van der Waals surface area contributed by atoms with Gasteiger partial charge in [0.1, 0.15) is 0 Å². The van der Waals surface area contributed by atoms with Crippen LogP contribution in [0.1, 0.15) is 19.8 Å². The molecule has 30 heavy (non-hydrogen) atoms. The summed E-state index contributed by atoms with van der Waals surface area (Å²) >= 11 is 0. The van der Waals surface area contributed by atoms with Crippen molar-refractivity contribution < 1.29 is 9.90 Å². The molecule has 4 heterocycles. The maximum Gasteiger partial charge on any atom is 0.308 e. The van der Waals surface area contributed by atoms with E-state index in [9.17, 15) is 14.7 Å². The average Bonchev–Trinajstić information content (AvgIpc) is 3.14. The molecular formula is C20H27N7O3. The second kappa shape index (κ2) is 8.36. The zero-order valence-electron chi connectivity index (χ0n) is 17.4. The van der Waals surface area contributed by atoms with Crippen molar-refractivity contribution >= 4 is 29.0 Å². The van der Waals surface area contributed by atoms with Crippen molar-refractivity contribution in [3.05, 3.63) is 10.4 Å². The number of aliphatic carboxylic acids is 1. The number of hydrogen-bond acceptors (Lipinski definition) is 7. The topological polar surface area (TPSA) is 109 Å². The second-order valence-electron chi connectivity index (χ2n) is 7.73. The van der Waals surface area contributed by atoms with Crippen molar-refractivity contribution in [2.75, 3.05) is 49.1 Å². The molecule has 10 heteroatoms. The third kappa shape index (κ3) is 3.61. The highest BCUT2D eigenvalue weighted by Crippen LogP contribution is 2.25. The molecule has 2 N–H and O–H groups in total. The van der Waals surface area contributed by atoms with Gasteiger partial charge in [0.15, 0.2) is 11.2 Å². The fourth-order valence-electron chi connectivity index (χ4n) is 4.19. The number of carboxylic acids is 1. The highest BCUT2D eigenvalue weighted by atomic mass is 16.4. The Hall–Kier alpha value is -3.06. The predicted molar refractivity (Wildman–Crippen MR) is 114 cm³/mol. The van der Waals surface area contributed by atoms with Crippen LogP contribution in [-0.2, 0) is 18.4 Å². The van der Waals surface area contributed by atoms with E-state index in [1.54, 1.807) is 14.0 Å².